The van der Waals surface area contributed by atoms with Gasteiger partial charge in [-0.15, -0.1) is 0 Å². The molecule has 2 fully saturated rings. The van der Waals surface area contributed by atoms with Crippen molar-refractivity contribution in [3.63, 3.8) is 0 Å². The lowest BCUT2D eigenvalue weighted by molar-refractivity contribution is -0.164. The van der Waals surface area contributed by atoms with Crippen molar-refractivity contribution in [2.45, 2.75) is 31.3 Å². The van der Waals surface area contributed by atoms with Crippen LogP contribution in [0.2, 0.25) is 0 Å². The number of benzene rings is 2. The summed E-state index contributed by atoms with van der Waals surface area (Å²) in [6.07, 6.45) is -0.531. The first kappa shape index (κ1) is 19.6. The van der Waals surface area contributed by atoms with Crippen LogP contribution in [0.25, 0.3) is 11.1 Å². The van der Waals surface area contributed by atoms with Crippen LogP contribution in [0.4, 0.5) is 0 Å². The Hall–Kier alpha value is -2.70. The number of carbonyl (C=O) groups excluding carboxylic acids is 2. The van der Waals surface area contributed by atoms with E-state index in [0.717, 1.165) is 11.1 Å². The summed E-state index contributed by atoms with van der Waals surface area (Å²) in [6.45, 7) is 0. The van der Waals surface area contributed by atoms with Crippen LogP contribution in [0.1, 0.15) is 23.2 Å². The summed E-state index contributed by atoms with van der Waals surface area (Å²) < 4.78 is 22.1. The van der Waals surface area contributed by atoms with E-state index in [-0.39, 0.29) is 23.9 Å². The van der Waals surface area contributed by atoms with Crippen molar-refractivity contribution in [3.05, 3.63) is 60.2 Å². The van der Waals surface area contributed by atoms with E-state index in [1.807, 2.05) is 42.5 Å². The third-order valence-electron chi connectivity index (χ3n) is 5.82. The minimum absolute atomic E-state index is 0.0781. The van der Waals surface area contributed by atoms with E-state index in [0.29, 0.717) is 18.4 Å². The molecule has 0 radical (unpaired) electrons. The Morgan fingerprint density at radius 1 is 1.00 bits per heavy atom. The molecule has 29 heavy (non-hydrogen) atoms. The van der Waals surface area contributed by atoms with E-state index in [4.69, 9.17) is 18.9 Å². The van der Waals surface area contributed by atoms with Crippen molar-refractivity contribution >= 4 is 11.9 Å². The molecular formula is C23H24O6. The lowest BCUT2D eigenvalue weighted by Gasteiger charge is -2.28. The highest BCUT2D eigenvalue weighted by Crippen LogP contribution is 2.45. The van der Waals surface area contributed by atoms with Crippen LogP contribution < -0.4 is 0 Å². The minimum Gasteiger partial charge on any atom is -0.462 e. The second kappa shape index (κ2) is 8.35. The molecule has 6 heteroatoms. The number of hydrogen-bond donors (Lipinski definition) is 0. The molecule has 1 aliphatic heterocycles. The third kappa shape index (κ3) is 3.91. The van der Waals surface area contributed by atoms with Crippen molar-refractivity contribution in [3.8, 4) is 11.1 Å². The molecule has 152 valence electrons. The lowest BCUT2D eigenvalue weighted by Crippen LogP contribution is -2.37. The summed E-state index contributed by atoms with van der Waals surface area (Å²) in [5.41, 5.74) is 2.59. The van der Waals surface area contributed by atoms with E-state index in [2.05, 4.69) is 0 Å². The van der Waals surface area contributed by atoms with Gasteiger partial charge in [0.15, 0.2) is 6.29 Å². The van der Waals surface area contributed by atoms with Gasteiger partial charge in [-0.1, -0.05) is 42.5 Å². The van der Waals surface area contributed by atoms with Gasteiger partial charge in [0.25, 0.3) is 0 Å². The summed E-state index contributed by atoms with van der Waals surface area (Å²) in [5.74, 6) is -0.964. The Bertz CT molecular complexity index is 859. The topological polar surface area (TPSA) is 71.1 Å². The Balaban J connectivity index is 1.49. The zero-order chi connectivity index (χ0) is 20.4. The van der Waals surface area contributed by atoms with Crippen molar-refractivity contribution < 1.29 is 28.5 Å². The number of esters is 2. The first-order valence-corrected chi connectivity index (χ1v) is 9.72. The molecule has 6 nitrogen and oxygen atoms in total. The number of rotatable bonds is 6. The van der Waals surface area contributed by atoms with E-state index < -0.39 is 18.4 Å². The highest BCUT2D eigenvalue weighted by Gasteiger charge is 2.55. The maximum Gasteiger partial charge on any atom is 0.338 e. The summed E-state index contributed by atoms with van der Waals surface area (Å²) >= 11 is 0. The monoisotopic (exact) mass is 396 g/mol. The van der Waals surface area contributed by atoms with Crippen LogP contribution in [0.5, 0.6) is 0 Å². The molecule has 1 saturated heterocycles. The van der Waals surface area contributed by atoms with Gasteiger partial charge in [-0.3, -0.25) is 4.79 Å². The second-order valence-electron chi connectivity index (χ2n) is 7.44. The average molecular weight is 396 g/mol. The van der Waals surface area contributed by atoms with Crippen molar-refractivity contribution in [1.82, 2.24) is 0 Å². The van der Waals surface area contributed by atoms with Crippen molar-refractivity contribution in [1.29, 1.82) is 0 Å². The fourth-order valence-corrected chi connectivity index (χ4v) is 4.45. The molecule has 0 unspecified atom stereocenters. The first-order valence-electron chi connectivity index (χ1n) is 9.72. The third-order valence-corrected chi connectivity index (χ3v) is 5.82. The molecule has 0 bridgehead atoms. The van der Waals surface area contributed by atoms with Crippen LogP contribution in [0.3, 0.4) is 0 Å². The largest absolute Gasteiger partial charge is 0.462 e. The first-order chi connectivity index (χ1) is 14.1. The molecule has 0 aromatic heterocycles. The minimum atomic E-state index is -0.572. The zero-order valence-electron chi connectivity index (χ0n) is 16.4. The standard InChI is InChI=1S/C23H24O6/c1-26-23(27-2)21-17-12-20(24)28-18(17)13-19(21)29-22(25)16-10-8-15(9-11-16)14-6-4-3-5-7-14/h3-11,17-19,21,23H,12-13H2,1-2H3/t17-,18-,19+,21+/m0/s1. The van der Waals surface area contributed by atoms with Gasteiger partial charge in [-0.2, -0.15) is 0 Å². The number of carbonyl (C=O) groups is 2. The predicted octanol–water partition coefficient (Wildman–Crippen LogP) is 3.45. The van der Waals surface area contributed by atoms with E-state index >= 15 is 0 Å². The van der Waals surface area contributed by atoms with E-state index in [1.54, 1.807) is 26.4 Å². The van der Waals surface area contributed by atoms with Gasteiger partial charge < -0.3 is 18.9 Å². The summed E-state index contributed by atoms with van der Waals surface area (Å²) in [6, 6.07) is 17.3. The Morgan fingerprint density at radius 2 is 1.66 bits per heavy atom. The van der Waals surface area contributed by atoms with Crippen molar-refractivity contribution in [2.75, 3.05) is 14.2 Å². The van der Waals surface area contributed by atoms with Crippen LogP contribution >= 0.6 is 0 Å². The van der Waals surface area contributed by atoms with E-state index in [9.17, 15) is 9.59 Å². The molecule has 1 saturated carbocycles. The Labute approximate surface area is 169 Å². The maximum atomic E-state index is 12.8. The highest BCUT2D eigenvalue weighted by molar-refractivity contribution is 5.90. The van der Waals surface area contributed by atoms with Gasteiger partial charge in [0.05, 0.1) is 17.9 Å². The molecule has 0 spiro atoms. The number of methoxy groups -OCH3 is 2. The van der Waals surface area contributed by atoms with Gasteiger partial charge in [-0.25, -0.2) is 4.79 Å². The normalized spacial score (nSPS) is 25.7. The number of hydrogen-bond acceptors (Lipinski definition) is 6. The molecule has 4 rings (SSSR count). The molecule has 1 heterocycles. The van der Waals surface area contributed by atoms with E-state index in [1.165, 1.54) is 0 Å². The second-order valence-corrected chi connectivity index (χ2v) is 7.44. The molecule has 0 N–H and O–H groups in total. The summed E-state index contributed by atoms with van der Waals surface area (Å²) in [4.78, 5) is 24.5. The number of fused-ring (bicyclic) bond motifs is 1. The SMILES string of the molecule is COC(OC)[C@@H]1[C@H]2CC(=O)O[C@H]2C[C@H]1OC(=O)c1ccc(-c2ccccc2)cc1. The summed E-state index contributed by atoms with van der Waals surface area (Å²) in [7, 11) is 3.08. The highest BCUT2D eigenvalue weighted by atomic mass is 16.7. The quantitative estimate of drug-likeness (QED) is 0.550. The Kier molecular flexibility index (Phi) is 5.65. The van der Waals surface area contributed by atoms with Crippen molar-refractivity contribution in [2.24, 2.45) is 11.8 Å². The van der Waals surface area contributed by atoms with Crippen LogP contribution in [-0.4, -0.2) is 44.7 Å². The smallest absolute Gasteiger partial charge is 0.338 e. The van der Waals surface area contributed by atoms with Gasteiger partial charge >= 0.3 is 11.9 Å². The molecular weight excluding hydrogens is 372 g/mol. The van der Waals surface area contributed by atoms with Gasteiger partial charge in [-0.05, 0) is 23.3 Å². The Morgan fingerprint density at radius 3 is 2.31 bits per heavy atom. The number of ether oxygens (including phenoxy) is 4. The molecule has 0 amide bonds. The van der Waals surface area contributed by atoms with Crippen LogP contribution in [0, 0.1) is 11.8 Å². The fraction of sp³-hybridized carbons (Fsp3) is 0.391. The molecule has 4 atom stereocenters. The van der Waals surface area contributed by atoms with Gasteiger partial charge in [0, 0.05) is 26.6 Å². The molecule has 2 aliphatic rings. The maximum absolute atomic E-state index is 12.8. The van der Waals surface area contributed by atoms with Gasteiger partial charge in [0.2, 0.25) is 0 Å². The average Bonchev–Trinajstić information content (AvgIpc) is 3.26. The molecule has 1 aliphatic carbocycles. The fourth-order valence-electron chi connectivity index (χ4n) is 4.45. The van der Waals surface area contributed by atoms with Gasteiger partial charge in [0.1, 0.15) is 12.2 Å². The lowest BCUT2D eigenvalue weighted by atomic mass is 9.91. The van der Waals surface area contributed by atoms with Crippen LogP contribution in [-0.2, 0) is 23.7 Å². The summed E-state index contributed by atoms with van der Waals surface area (Å²) in [5, 5.41) is 0. The predicted molar refractivity (Wildman–Crippen MR) is 105 cm³/mol. The zero-order valence-corrected chi connectivity index (χ0v) is 16.4. The molecule has 2 aromatic carbocycles. The van der Waals surface area contributed by atoms with Crippen LogP contribution in [0.15, 0.2) is 54.6 Å². The molecule has 2 aromatic rings.